The minimum Gasteiger partial charge on any atom is -0.381 e. The lowest BCUT2D eigenvalue weighted by atomic mass is 9.98. The zero-order valence-corrected chi connectivity index (χ0v) is 20.3. The van der Waals surface area contributed by atoms with Crippen molar-refractivity contribution in [2.45, 2.75) is 48.8 Å². The molecule has 0 unspecified atom stereocenters. The van der Waals surface area contributed by atoms with Gasteiger partial charge in [-0.1, -0.05) is 12.1 Å². The van der Waals surface area contributed by atoms with E-state index in [-0.39, 0.29) is 54.8 Å². The van der Waals surface area contributed by atoms with Crippen LogP contribution in [0.5, 0.6) is 0 Å². The zero-order chi connectivity index (χ0) is 23.6. The fourth-order valence-electron chi connectivity index (χ4n) is 3.56. The average Bonchev–Trinajstić information content (AvgIpc) is 2.78. The molecule has 3 N–H and O–H groups in total. The van der Waals surface area contributed by atoms with Crippen LogP contribution in [-0.4, -0.2) is 53.9 Å². The van der Waals surface area contributed by atoms with E-state index in [1.165, 1.54) is 23.8 Å². The van der Waals surface area contributed by atoms with Gasteiger partial charge in [0.05, 0.1) is 16.2 Å². The lowest BCUT2D eigenvalue weighted by molar-refractivity contribution is -0.134. The van der Waals surface area contributed by atoms with Crippen molar-refractivity contribution in [2.24, 2.45) is 0 Å². The van der Waals surface area contributed by atoms with E-state index in [1.54, 1.807) is 24.3 Å². The van der Waals surface area contributed by atoms with Gasteiger partial charge in [-0.3, -0.25) is 19.8 Å². The summed E-state index contributed by atoms with van der Waals surface area (Å²) in [6, 6.07) is 9.34. The van der Waals surface area contributed by atoms with Crippen LogP contribution in [0, 0.1) is 0 Å². The second-order valence-electron chi connectivity index (χ2n) is 8.71. The number of carbonyl (C=O) groups is 2. The third-order valence-corrected chi connectivity index (χ3v) is 7.82. The van der Waals surface area contributed by atoms with E-state index >= 15 is 0 Å². The summed E-state index contributed by atoms with van der Waals surface area (Å²) in [6.45, 7) is 5.86. The maximum Gasteiger partial charge on any atom is 0.265 e. The molecule has 1 fully saturated rings. The molecule has 1 saturated heterocycles. The number of amides is 2. The molecular formula is C22H28ClN3O6S. The fraction of sp³-hybridized carbons (Fsp3) is 0.409. The number of aromatic nitrogens is 1. The molecule has 0 atom stereocenters. The molecule has 33 heavy (non-hydrogen) atoms. The number of hydrogen-bond donors (Lipinski definition) is 3. The molecule has 0 bridgehead atoms. The maximum absolute atomic E-state index is 13.3. The summed E-state index contributed by atoms with van der Waals surface area (Å²) < 4.78 is 30.0. The summed E-state index contributed by atoms with van der Waals surface area (Å²) in [7, 11) is -4.09. The van der Waals surface area contributed by atoms with Crippen molar-refractivity contribution in [3.8, 4) is 11.3 Å². The lowest BCUT2D eigenvalue weighted by Gasteiger charge is -2.34. The van der Waals surface area contributed by atoms with E-state index in [4.69, 9.17) is 9.94 Å². The Morgan fingerprint density at radius 1 is 1.06 bits per heavy atom. The second-order valence-corrected chi connectivity index (χ2v) is 11.0. The molecule has 1 aliphatic heterocycles. The Morgan fingerprint density at radius 3 is 2.15 bits per heavy atom. The molecule has 9 nitrogen and oxygen atoms in total. The highest BCUT2D eigenvalue weighted by Crippen LogP contribution is 2.35. The number of benzene rings is 1. The number of nitrogens with zero attached hydrogens (tertiary/aromatic N) is 1. The smallest absolute Gasteiger partial charge is 0.265 e. The van der Waals surface area contributed by atoms with Gasteiger partial charge in [-0.25, -0.2) is 13.9 Å². The van der Waals surface area contributed by atoms with Gasteiger partial charge in [0, 0.05) is 30.5 Å². The van der Waals surface area contributed by atoms with Gasteiger partial charge in [0.2, 0.25) is 0 Å². The molecule has 0 aliphatic carbocycles. The van der Waals surface area contributed by atoms with Crippen LogP contribution in [0.4, 0.5) is 0 Å². The van der Waals surface area contributed by atoms with Gasteiger partial charge in [-0.05, 0) is 57.9 Å². The number of ether oxygens (including phenoxy) is 1. The van der Waals surface area contributed by atoms with Crippen molar-refractivity contribution in [3.05, 3.63) is 48.2 Å². The summed E-state index contributed by atoms with van der Waals surface area (Å²) in [5.41, 5.74) is 2.76. The minimum absolute atomic E-state index is 0. The van der Waals surface area contributed by atoms with Crippen LogP contribution in [0.25, 0.3) is 11.3 Å². The first-order valence-corrected chi connectivity index (χ1v) is 11.6. The highest BCUT2D eigenvalue weighted by molar-refractivity contribution is 7.93. The highest BCUT2D eigenvalue weighted by atomic mass is 35.5. The Bertz CT molecular complexity index is 1090. The van der Waals surface area contributed by atoms with Gasteiger partial charge in [0.15, 0.2) is 14.6 Å². The Balaban J connectivity index is 0.00000385. The number of rotatable bonds is 5. The molecule has 0 radical (unpaired) electrons. The van der Waals surface area contributed by atoms with Crippen LogP contribution < -0.4 is 10.8 Å². The molecule has 3 rings (SSSR count). The van der Waals surface area contributed by atoms with Crippen LogP contribution in [0.15, 0.2) is 47.5 Å². The molecular weight excluding hydrogens is 470 g/mol. The normalized spacial score (nSPS) is 15.8. The number of nitrogens with one attached hydrogen (secondary N) is 2. The van der Waals surface area contributed by atoms with Crippen molar-refractivity contribution >= 4 is 34.1 Å². The van der Waals surface area contributed by atoms with E-state index < -0.39 is 20.5 Å². The summed E-state index contributed by atoms with van der Waals surface area (Å²) in [5.74, 6) is -1.20. The lowest BCUT2D eigenvalue weighted by Crippen LogP contribution is -2.54. The van der Waals surface area contributed by atoms with Gasteiger partial charge in [0.25, 0.3) is 11.8 Å². The SMILES string of the molecule is CC(C)(C)NC(=O)c1ccc(-c2ccc(S(=O)(=O)C3(C(=O)NO)CCOCC3)cc2)nc1.Cl. The quantitative estimate of drug-likeness (QED) is 0.426. The van der Waals surface area contributed by atoms with Gasteiger partial charge in [-0.15, -0.1) is 12.4 Å². The van der Waals surface area contributed by atoms with E-state index in [9.17, 15) is 18.0 Å². The van der Waals surface area contributed by atoms with Crippen molar-refractivity contribution in [2.75, 3.05) is 13.2 Å². The van der Waals surface area contributed by atoms with Crippen molar-refractivity contribution in [1.82, 2.24) is 15.8 Å². The van der Waals surface area contributed by atoms with Gasteiger partial charge in [0.1, 0.15) is 0 Å². The number of pyridine rings is 1. The van der Waals surface area contributed by atoms with Crippen molar-refractivity contribution in [3.63, 3.8) is 0 Å². The number of halogens is 1. The number of hydroxylamine groups is 1. The van der Waals surface area contributed by atoms with Crippen LogP contribution in [0.2, 0.25) is 0 Å². The van der Waals surface area contributed by atoms with E-state index in [2.05, 4.69) is 10.3 Å². The Kier molecular flexibility index (Phi) is 8.23. The average molecular weight is 498 g/mol. The predicted octanol–water partition coefficient (Wildman–Crippen LogP) is 2.53. The summed E-state index contributed by atoms with van der Waals surface area (Å²) >= 11 is 0. The monoisotopic (exact) mass is 497 g/mol. The van der Waals surface area contributed by atoms with Crippen molar-refractivity contribution in [1.29, 1.82) is 0 Å². The van der Waals surface area contributed by atoms with Crippen LogP contribution in [0.3, 0.4) is 0 Å². The molecule has 1 aromatic carbocycles. The molecule has 0 spiro atoms. The maximum atomic E-state index is 13.3. The Hall–Kier alpha value is -2.53. The Labute approximate surface area is 199 Å². The largest absolute Gasteiger partial charge is 0.381 e. The highest BCUT2D eigenvalue weighted by Gasteiger charge is 2.52. The van der Waals surface area contributed by atoms with Gasteiger partial charge < -0.3 is 10.1 Å². The molecule has 2 amide bonds. The molecule has 11 heteroatoms. The third kappa shape index (κ3) is 5.52. The van der Waals surface area contributed by atoms with Gasteiger partial charge >= 0.3 is 0 Å². The van der Waals surface area contributed by atoms with E-state index in [0.717, 1.165) is 0 Å². The molecule has 1 aromatic heterocycles. The van der Waals surface area contributed by atoms with Crippen molar-refractivity contribution < 1.29 is 28.0 Å². The molecule has 2 aromatic rings. The van der Waals surface area contributed by atoms with Gasteiger partial charge in [-0.2, -0.15) is 0 Å². The molecule has 0 saturated carbocycles. The number of sulfone groups is 1. The summed E-state index contributed by atoms with van der Waals surface area (Å²) in [6.07, 6.45) is 1.36. The van der Waals surface area contributed by atoms with E-state index in [0.29, 0.717) is 16.8 Å². The van der Waals surface area contributed by atoms with Crippen LogP contribution >= 0.6 is 12.4 Å². The topological polar surface area (TPSA) is 135 Å². The van der Waals surface area contributed by atoms with Crippen LogP contribution in [0.1, 0.15) is 44.0 Å². The fourth-order valence-corrected chi connectivity index (χ4v) is 5.50. The zero-order valence-electron chi connectivity index (χ0n) is 18.6. The summed E-state index contributed by atoms with van der Waals surface area (Å²) in [5, 5.41) is 12.0. The molecule has 1 aliphatic rings. The van der Waals surface area contributed by atoms with E-state index in [1.807, 2.05) is 20.8 Å². The number of hydrogen-bond acceptors (Lipinski definition) is 7. The first-order chi connectivity index (χ1) is 15.0. The summed E-state index contributed by atoms with van der Waals surface area (Å²) in [4.78, 5) is 28.9. The standard InChI is InChI=1S/C22H27N3O6S.ClH/c1-21(2,3)24-19(26)16-6-9-18(23-14-16)15-4-7-17(8-5-15)32(29,30)22(20(27)25-28)10-12-31-13-11-22;/h4-9,14,28H,10-13H2,1-3H3,(H,24,26)(H,25,27);1H. The predicted molar refractivity (Wildman–Crippen MR) is 124 cm³/mol. The first-order valence-electron chi connectivity index (χ1n) is 10.2. The molecule has 180 valence electrons. The second kappa shape index (κ2) is 10.2. The number of carbonyl (C=O) groups excluding carboxylic acids is 2. The first kappa shape index (κ1) is 26.7. The van der Waals surface area contributed by atoms with Crippen LogP contribution in [-0.2, 0) is 19.4 Å². The molecule has 2 heterocycles. The minimum atomic E-state index is -4.09. The Morgan fingerprint density at radius 2 is 1.67 bits per heavy atom. The third-order valence-electron chi connectivity index (χ3n) is 5.30.